The van der Waals surface area contributed by atoms with Crippen LogP contribution >= 0.6 is 24.0 Å². The van der Waals surface area contributed by atoms with Gasteiger partial charge in [-0.05, 0) is 12.8 Å². The van der Waals surface area contributed by atoms with E-state index in [0.717, 1.165) is 0 Å². The Morgan fingerprint density at radius 3 is 2.22 bits per heavy atom. The fraction of sp³-hybridized carbons (Fsp3) is 0.833. The van der Waals surface area contributed by atoms with E-state index in [9.17, 15) is 4.79 Å². The number of ether oxygens (including phenoxy) is 1. The highest BCUT2D eigenvalue weighted by atomic mass is 127. The molecule has 0 radical (unpaired) electrons. The van der Waals surface area contributed by atoms with E-state index in [1.807, 2.05) is 6.92 Å². The van der Waals surface area contributed by atoms with Crippen molar-refractivity contribution in [1.29, 1.82) is 0 Å². The van der Waals surface area contributed by atoms with Crippen LogP contribution in [0.3, 0.4) is 0 Å². The second-order valence-electron chi connectivity index (χ2n) is 4.55. The van der Waals surface area contributed by atoms with Crippen molar-refractivity contribution in [2.45, 2.75) is 33.7 Å². The molecule has 0 saturated carbocycles. The maximum Gasteiger partial charge on any atom is 0.310 e. The molecule has 0 saturated heterocycles. The van der Waals surface area contributed by atoms with Crippen LogP contribution in [0.1, 0.15) is 27.7 Å². The number of methoxy groups -OCH3 is 1. The van der Waals surface area contributed by atoms with Crippen molar-refractivity contribution in [1.82, 2.24) is 10.6 Å². The molecule has 108 valence electrons. The van der Waals surface area contributed by atoms with Gasteiger partial charge in [-0.15, -0.1) is 24.0 Å². The number of carbonyl (C=O) groups excluding carboxylic acids is 1. The summed E-state index contributed by atoms with van der Waals surface area (Å²) in [5.74, 6) is 0.825. The third-order valence-corrected chi connectivity index (χ3v) is 2.77. The van der Waals surface area contributed by atoms with Gasteiger partial charge in [-0.25, -0.2) is 0 Å². The van der Waals surface area contributed by atoms with E-state index in [1.54, 1.807) is 7.05 Å². The number of nitrogens with one attached hydrogen (secondary N) is 2. The second-order valence-corrected chi connectivity index (χ2v) is 4.55. The SMILES string of the molecule is CN=C(NCC(C)C(=O)OC)NC(C)C(C)C.I. The molecule has 0 heterocycles. The summed E-state index contributed by atoms with van der Waals surface area (Å²) in [5.41, 5.74) is 0. The van der Waals surface area contributed by atoms with Crippen LogP contribution in [0, 0.1) is 11.8 Å². The molecule has 2 N–H and O–H groups in total. The van der Waals surface area contributed by atoms with Crippen molar-refractivity contribution < 1.29 is 9.53 Å². The molecule has 0 aromatic carbocycles. The van der Waals surface area contributed by atoms with Crippen molar-refractivity contribution >= 4 is 35.9 Å². The molecule has 0 aliphatic carbocycles. The molecule has 0 aromatic rings. The van der Waals surface area contributed by atoms with Crippen molar-refractivity contribution in [2.75, 3.05) is 20.7 Å². The molecule has 2 unspecified atom stereocenters. The zero-order valence-corrected chi connectivity index (χ0v) is 14.4. The van der Waals surface area contributed by atoms with Gasteiger partial charge in [0.15, 0.2) is 5.96 Å². The summed E-state index contributed by atoms with van der Waals surface area (Å²) in [5, 5.41) is 6.37. The zero-order valence-electron chi connectivity index (χ0n) is 12.1. The third kappa shape index (κ3) is 7.73. The molecule has 0 aliphatic heterocycles. The molecular weight excluding hydrogens is 345 g/mol. The Morgan fingerprint density at radius 2 is 1.83 bits per heavy atom. The highest BCUT2D eigenvalue weighted by Crippen LogP contribution is 1.99. The summed E-state index contributed by atoms with van der Waals surface area (Å²) >= 11 is 0. The Labute approximate surface area is 127 Å². The first kappa shape index (κ1) is 19.8. The maximum absolute atomic E-state index is 11.2. The van der Waals surface area contributed by atoms with Gasteiger partial charge in [0.2, 0.25) is 0 Å². The molecule has 0 rings (SSSR count). The van der Waals surface area contributed by atoms with Crippen LogP contribution < -0.4 is 10.6 Å². The Balaban J connectivity index is 0. The van der Waals surface area contributed by atoms with Crippen molar-refractivity contribution in [3.05, 3.63) is 0 Å². The quantitative estimate of drug-likeness (QED) is 0.334. The first-order chi connectivity index (χ1) is 7.92. The third-order valence-electron chi connectivity index (χ3n) is 2.77. The van der Waals surface area contributed by atoms with Gasteiger partial charge in [-0.2, -0.15) is 0 Å². The molecule has 0 amide bonds. The number of rotatable bonds is 5. The van der Waals surface area contributed by atoms with E-state index >= 15 is 0 Å². The highest BCUT2D eigenvalue weighted by Gasteiger charge is 2.14. The minimum atomic E-state index is -0.218. The van der Waals surface area contributed by atoms with E-state index in [-0.39, 0.29) is 35.9 Å². The van der Waals surface area contributed by atoms with Crippen molar-refractivity contribution in [3.8, 4) is 0 Å². The minimum absolute atomic E-state index is 0. The van der Waals surface area contributed by atoms with E-state index in [2.05, 4.69) is 41.1 Å². The van der Waals surface area contributed by atoms with Crippen LogP contribution in [0.15, 0.2) is 4.99 Å². The summed E-state index contributed by atoms with van der Waals surface area (Å²) in [6.07, 6.45) is 0. The summed E-state index contributed by atoms with van der Waals surface area (Å²) in [4.78, 5) is 15.3. The Kier molecular flexibility index (Phi) is 11.4. The number of carbonyl (C=O) groups is 1. The van der Waals surface area contributed by atoms with E-state index in [4.69, 9.17) is 0 Å². The van der Waals surface area contributed by atoms with Gasteiger partial charge in [0.05, 0.1) is 13.0 Å². The molecule has 18 heavy (non-hydrogen) atoms. The van der Waals surface area contributed by atoms with Gasteiger partial charge >= 0.3 is 5.97 Å². The van der Waals surface area contributed by atoms with E-state index in [1.165, 1.54) is 7.11 Å². The maximum atomic E-state index is 11.2. The van der Waals surface area contributed by atoms with Gasteiger partial charge < -0.3 is 15.4 Å². The number of guanidine groups is 1. The molecule has 2 atom stereocenters. The lowest BCUT2D eigenvalue weighted by Crippen LogP contribution is -2.46. The van der Waals surface area contributed by atoms with E-state index < -0.39 is 0 Å². The first-order valence-corrected chi connectivity index (χ1v) is 5.97. The largest absolute Gasteiger partial charge is 0.469 e. The normalized spacial score (nSPS) is 14.5. The monoisotopic (exact) mass is 371 g/mol. The van der Waals surface area contributed by atoms with Gasteiger partial charge in [0.25, 0.3) is 0 Å². The molecule has 0 bridgehead atoms. The molecule has 6 heteroatoms. The van der Waals surface area contributed by atoms with Gasteiger partial charge in [-0.3, -0.25) is 9.79 Å². The van der Waals surface area contributed by atoms with Crippen molar-refractivity contribution in [3.63, 3.8) is 0 Å². The van der Waals surface area contributed by atoms with Crippen LogP contribution in [0.2, 0.25) is 0 Å². The molecular formula is C12H26IN3O2. The first-order valence-electron chi connectivity index (χ1n) is 5.97. The van der Waals surface area contributed by atoms with Crippen LogP contribution in [-0.4, -0.2) is 38.7 Å². The predicted octanol–water partition coefficient (Wildman–Crippen LogP) is 1.62. The Bertz CT molecular complexity index is 270. The molecule has 0 aliphatic rings. The second kappa shape index (κ2) is 10.4. The molecule has 0 aromatic heterocycles. The summed E-state index contributed by atoms with van der Waals surface area (Å²) < 4.78 is 4.66. The lowest BCUT2D eigenvalue weighted by atomic mass is 10.1. The topological polar surface area (TPSA) is 62.7 Å². The van der Waals surface area contributed by atoms with Gasteiger partial charge in [0.1, 0.15) is 0 Å². The average Bonchev–Trinajstić information content (AvgIpc) is 2.32. The standard InChI is InChI=1S/C12H25N3O2.HI/c1-8(2)10(4)15-12(13-5)14-7-9(3)11(16)17-6;/h8-10H,7H2,1-6H3,(H2,13,14,15);1H. The zero-order chi connectivity index (χ0) is 13.4. The average molecular weight is 371 g/mol. The van der Waals surface area contributed by atoms with Crippen LogP contribution in [-0.2, 0) is 9.53 Å². The molecule has 5 nitrogen and oxygen atoms in total. The van der Waals surface area contributed by atoms with Crippen molar-refractivity contribution in [2.24, 2.45) is 16.8 Å². The smallest absolute Gasteiger partial charge is 0.310 e. The Hall–Kier alpha value is -0.530. The van der Waals surface area contributed by atoms with E-state index in [0.29, 0.717) is 24.5 Å². The lowest BCUT2D eigenvalue weighted by molar-refractivity contribution is -0.144. The summed E-state index contributed by atoms with van der Waals surface area (Å²) in [6, 6.07) is 0.328. The predicted molar refractivity (Wildman–Crippen MR) is 85.4 cm³/mol. The fourth-order valence-electron chi connectivity index (χ4n) is 1.11. The fourth-order valence-corrected chi connectivity index (χ4v) is 1.11. The van der Waals surface area contributed by atoms with Gasteiger partial charge in [0, 0.05) is 19.6 Å². The minimum Gasteiger partial charge on any atom is -0.469 e. The summed E-state index contributed by atoms with van der Waals surface area (Å²) in [7, 11) is 3.11. The number of nitrogens with zero attached hydrogens (tertiary/aromatic N) is 1. The number of aliphatic imine (C=N–C) groups is 1. The summed E-state index contributed by atoms with van der Waals surface area (Å²) in [6.45, 7) is 8.71. The number of halogens is 1. The highest BCUT2D eigenvalue weighted by molar-refractivity contribution is 14.0. The van der Waals surface area contributed by atoms with Crippen LogP contribution in [0.4, 0.5) is 0 Å². The molecule has 0 spiro atoms. The number of hydrogen-bond acceptors (Lipinski definition) is 3. The molecule has 0 fully saturated rings. The van der Waals surface area contributed by atoms with Gasteiger partial charge in [-0.1, -0.05) is 20.8 Å². The Morgan fingerprint density at radius 1 is 1.28 bits per heavy atom. The lowest BCUT2D eigenvalue weighted by Gasteiger charge is -2.21. The van der Waals surface area contributed by atoms with Crippen LogP contribution in [0.25, 0.3) is 0 Å². The van der Waals surface area contributed by atoms with Crippen LogP contribution in [0.5, 0.6) is 0 Å². The number of esters is 1. The number of hydrogen-bond donors (Lipinski definition) is 2.